The van der Waals surface area contributed by atoms with E-state index in [1.807, 2.05) is 83.1 Å². The SMILES string of the molecule is CCC.CCCC.CCCCC.CCCCCC.CCCCCCCC.CCCCCCCCCC.CCOCC.CCOCCOCC.CCOCCOCCOCC.CCOCCOCCOCCOCC.CCOCCOCCOCCOCCOCC.CCOCCOCCOCCOCCOCCOCC. The first-order valence-corrected chi connectivity index (χ1v) is 45.6. The van der Waals surface area contributed by atoms with E-state index in [1.54, 1.807) is 0 Å². The normalized spacial score (nSPS) is 10.1. The minimum atomic E-state index is 0.577. The number of hydrogen-bond acceptors (Lipinski definition) is 21. The Bertz CT molecular complexity index is 1100. The lowest BCUT2D eigenvalue weighted by molar-refractivity contribution is -0.0156. The molecule has 0 aliphatic carbocycles. The van der Waals surface area contributed by atoms with Crippen molar-refractivity contribution >= 4 is 0 Å². The maximum Gasteiger partial charge on any atom is 0.0701 e. The summed E-state index contributed by atoms with van der Waals surface area (Å²) in [7, 11) is 0. The zero-order valence-corrected chi connectivity index (χ0v) is 79.2. The molecule has 0 heterocycles. The fourth-order valence-electron chi connectivity index (χ4n) is 7.35. The lowest BCUT2D eigenvalue weighted by Gasteiger charge is -2.07. The molecule has 21 nitrogen and oxygen atoms in total. The lowest BCUT2D eigenvalue weighted by Crippen LogP contribution is -2.14. The highest BCUT2D eigenvalue weighted by atomic mass is 16.6. The van der Waals surface area contributed by atoms with Crippen LogP contribution in [0.3, 0.4) is 0 Å². The quantitative estimate of drug-likeness (QED) is 0.0521. The van der Waals surface area contributed by atoms with E-state index in [9.17, 15) is 0 Å². The van der Waals surface area contributed by atoms with Gasteiger partial charge in [0.2, 0.25) is 0 Å². The van der Waals surface area contributed by atoms with Crippen molar-refractivity contribution < 1.29 is 99.5 Å². The molecule has 0 atom stereocenters. The van der Waals surface area contributed by atoms with Gasteiger partial charge in [-0.15, -0.1) is 0 Å². The highest BCUT2D eigenvalue weighted by Gasteiger charge is 1.97. The van der Waals surface area contributed by atoms with Crippen LogP contribution in [-0.2, 0) is 99.5 Å². The van der Waals surface area contributed by atoms with Crippen molar-refractivity contribution in [2.75, 3.05) is 277 Å². The van der Waals surface area contributed by atoms with Gasteiger partial charge in [-0.1, -0.05) is 237 Å². The van der Waals surface area contributed by atoms with Crippen molar-refractivity contribution in [3.05, 3.63) is 0 Å². The Kier molecular flexibility index (Phi) is 211. The minimum Gasteiger partial charge on any atom is -0.382 e. The average Bonchev–Trinajstić information content (AvgIpc) is 3.92. The van der Waals surface area contributed by atoms with E-state index in [2.05, 4.69) is 83.1 Å². The maximum absolute atomic E-state index is 5.35. The summed E-state index contributed by atoms with van der Waals surface area (Å²) in [6.07, 6.45) is 33.5. The summed E-state index contributed by atoms with van der Waals surface area (Å²) < 4.78 is 109. The van der Waals surface area contributed by atoms with E-state index in [1.165, 1.54) is 154 Å². The van der Waals surface area contributed by atoms with E-state index in [0.29, 0.717) is 185 Å². The molecule has 0 N–H and O–H groups in total. The van der Waals surface area contributed by atoms with Gasteiger partial charge in [-0.05, 0) is 83.1 Å². The zero-order chi connectivity index (χ0) is 85.5. The average molecular weight is 1620 g/mol. The summed E-state index contributed by atoms with van der Waals surface area (Å²) in [5.41, 5.74) is 0. The molecule has 0 aromatic carbocycles. The van der Waals surface area contributed by atoms with Crippen molar-refractivity contribution in [3.63, 3.8) is 0 Å². The molecule has 0 aromatic heterocycles. The van der Waals surface area contributed by atoms with Gasteiger partial charge in [0.25, 0.3) is 0 Å². The topological polar surface area (TPSA) is 194 Å². The van der Waals surface area contributed by atoms with Crippen molar-refractivity contribution in [1.82, 2.24) is 0 Å². The molecule has 0 unspecified atom stereocenters. The van der Waals surface area contributed by atoms with Gasteiger partial charge in [-0.3, -0.25) is 0 Å². The number of rotatable bonds is 75. The minimum absolute atomic E-state index is 0.577. The van der Waals surface area contributed by atoms with Gasteiger partial charge in [0.05, 0.1) is 198 Å². The Morgan fingerprint density at radius 1 is 0.0901 bits per heavy atom. The molecular weight excluding hydrogens is 1420 g/mol. The summed E-state index contributed by atoms with van der Waals surface area (Å²) in [5.74, 6) is 0. The first-order valence-electron chi connectivity index (χ1n) is 45.6. The molecule has 0 radical (unpaired) electrons. The Morgan fingerprint density at radius 3 is 0.252 bits per heavy atom. The molecule has 690 valence electrons. The molecule has 21 heteroatoms. The second-order valence-electron chi connectivity index (χ2n) is 24.2. The van der Waals surface area contributed by atoms with E-state index < -0.39 is 0 Å². The molecule has 0 rings (SSSR count). The maximum atomic E-state index is 5.35. The molecule has 0 spiro atoms. The van der Waals surface area contributed by atoms with E-state index in [4.69, 9.17) is 99.5 Å². The van der Waals surface area contributed by atoms with Crippen LogP contribution in [-0.4, -0.2) is 277 Å². The number of hydrogen-bond donors (Lipinski definition) is 0. The predicted molar refractivity (Wildman–Crippen MR) is 474 cm³/mol. The molecule has 0 bridgehead atoms. The van der Waals surface area contributed by atoms with E-state index in [0.717, 1.165) is 92.5 Å². The Morgan fingerprint density at radius 2 is 0.180 bits per heavy atom. The van der Waals surface area contributed by atoms with Crippen molar-refractivity contribution in [2.24, 2.45) is 0 Å². The van der Waals surface area contributed by atoms with Crippen LogP contribution in [0.2, 0.25) is 0 Å². The van der Waals surface area contributed by atoms with Crippen LogP contribution in [0.15, 0.2) is 0 Å². The molecule has 0 amide bonds. The second-order valence-corrected chi connectivity index (χ2v) is 24.2. The zero-order valence-electron chi connectivity index (χ0n) is 79.2. The van der Waals surface area contributed by atoms with Gasteiger partial charge in [0, 0.05) is 79.3 Å². The fraction of sp³-hybridized carbons (Fsp3) is 1.00. The van der Waals surface area contributed by atoms with Crippen LogP contribution in [0.5, 0.6) is 0 Å². The molecule has 0 saturated heterocycles. The van der Waals surface area contributed by atoms with Crippen LogP contribution in [0.4, 0.5) is 0 Å². The molecule has 0 aromatic rings. The Balaban J connectivity index is -0.0000000998. The smallest absolute Gasteiger partial charge is 0.0701 e. The molecular formula is C90H204O21. The van der Waals surface area contributed by atoms with Gasteiger partial charge in [0.1, 0.15) is 0 Å². The molecule has 111 heavy (non-hydrogen) atoms. The molecule has 0 aliphatic rings. The van der Waals surface area contributed by atoms with Gasteiger partial charge in [-0.2, -0.15) is 0 Å². The first-order chi connectivity index (χ1) is 54.5. The van der Waals surface area contributed by atoms with Crippen molar-refractivity contribution in [1.29, 1.82) is 0 Å². The van der Waals surface area contributed by atoms with E-state index >= 15 is 0 Å². The highest BCUT2D eigenvalue weighted by molar-refractivity contribution is 4.45. The summed E-state index contributed by atoms with van der Waals surface area (Å²) in [6, 6.07) is 0. The van der Waals surface area contributed by atoms with Crippen LogP contribution in [0, 0.1) is 0 Å². The summed E-state index contributed by atoms with van der Waals surface area (Å²) in [6.45, 7) is 78.4. The number of unbranched alkanes of at least 4 members (excludes halogenated alkanes) is 18. The summed E-state index contributed by atoms with van der Waals surface area (Å²) in [5, 5.41) is 0. The number of ether oxygens (including phenoxy) is 21. The fourth-order valence-corrected chi connectivity index (χ4v) is 7.35. The lowest BCUT2D eigenvalue weighted by atomic mass is 10.1. The van der Waals surface area contributed by atoms with Gasteiger partial charge >= 0.3 is 0 Å². The largest absolute Gasteiger partial charge is 0.382 e. The second kappa shape index (κ2) is 172. The molecule has 0 fully saturated rings. The van der Waals surface area contributed by atoms with Crippen LogP contribution >= 0.6 is 0 Å². The first kappa shape index (κ1) is 136. The monoisotopic (exact) mass is 1620 g/mol. The third-order valence-corrected chi connectivity index (χ3v) is 13.6. The van der Waals surface area contributed by atoms with Crippen LogP contribution in [0.1, 0.15) is 320 Å². The van der Waals surface area contributed by atoms with Gasteiger partial charge in [0.15, 0.2) is 0 Å². The highest BCUT2D eigenvalue weighted by Crippen LogP contribution is 2.08. The molecule has 0 aliphatic heterocycles. The third kappa shape index (κ3) is 228. The van der Waals surface area contributed by atoms with Crippen molar-refractivity contribution in [3.8, 4) is 0 Å². The van der Waals surface area contributed by atoms with E-state index in [-0.39, 0.29) is 0 Å². The Hall–Kier alpha value is -0.840. The van der Waals surface area contributed by atoms with Crippen LogP contribution in [0.25, 0.3) is 0 Å². The summed E-state index contributed by atoms with van der Waals surface area (Å²) in [4.78, 5) is 0. The third-order valence-electron chi connectivity index (χ3n) is 13.6. The molecule has 0 saturated carbocycles. The van der Waals surface area contributed by atoms with Crippen molar-refractivity contribution in [2.45, 2.75) is 320 Å². The van der Waals surface area contributed by atoms with Crippen LogP contribution < -0.4 is 0 Å². The standard InChI is InChI=1S/C14H30O6.C12H26O5.C10H22O4.C10H22.C8H18O3.C8H18.C6H14O2.C6H14.C5H12.C4H10O.C4H10.C3H8/c1-3-15-5-7-17-9-11-19-13-14-20-12-10-18-8-6-16-4-2;1-3-13-5-7-15-9-11-17-12-10-16-8-6-14-4-2;1-3-11-5-7-13-9-10-14-8-6-12-4-2;1-3-5-7-9-10-8-6-4-2;1-3-9-5-7-11-8-6-10-4-2;1-3-5-7-8-6-4-2;1-3-7-5-6-8-4-2;1-3-5-6-4-2;2*1-3-5-4-2;1-3-4-2;1-3-2/h3-14H2,1-2H3;3-12H2,1-2H3;3-10H2,1-2H3;3-10H2,1-2H3;3-8H2,1-2H3;3-8H2,1-2H3;3-6H2,1-2H3;3-6H2,1-2H3;3-5H2,1-2H3;3-4H2,1-2H3;3-4H2,1-2H3;3H2,1-2H3. The van der Waals surface area contributed by atoms with Gasteiger partial charge in [-0.25, -0.2) is 0 Å². The Labute approximate surface area is 694 Å². The summed E-state index contributed by atoms with van der Waals surface area (Å²) >= 11 is 0. The predicted octanol–water partition coefficient (Wildman–Crippen LogP) is 22.0. The van der Waals surface area contributed by atoms with Gasteiger partial charge < -0.3 is 99.5 Å².